The third kappa shape index (κ3) is 4.17. The summed E-state index contributed by atoms with van der Waals surface area (Å²) in [6.45, 7) is 1.99. The molecule has 1 heterocycles. The van der Waals surface area contributed by atoms with Gasteiger partial charge < -0.3 is 5.32 Å². The van der Waals surface area contributed by atoms with E-state index in [0.717, 1.165) is 15.8 Å². The summed E-state index contributed by atoms with van der Waals surface area (Å²) in [6.07, 6.45) is 0. The van der Waals surface area contributed by atoms with E-state index in [1.807, 2.05) is 61.5 Å². The van der Waals surface area contributed by atoms with Crippen LogP contribution in [0.5, 0.6) is 0 Å². The normalized spacial score (nSPS) is 11.8. The minimum atomic E-state index is -0.836. The van der Waals surface area contributed by atoms with Gasteiger partial charge in [-0.3, -0.25) is 14.9 Å². The summed E-state index contributed by atoms with van der Waals surface area (Å²) in [5, 5.41) is 6.22. The van der Waals surface area contributed by atoms with E-state index >= 15 is 0 Å². The van der Waals surface area contributed by atoms with Gasteiger partial charge in [0.2, 0.25) is 0 Å². The summed E-state index contributed by atoms with van der Waals surface area (Å²) >= 11 is 1.41. The van der Waals surface area contributed by atoms with Crippen molar-refractivity contribution < 1.29 is 9.59 Å². The predicted molar refractivity (Wildman–Crippen MR) is 116 cm³/mol. The average molecular weight is 401 g/mol. The summed E-state index contributed by atoms with van der Waals surface area (Å²) in [7, 11) is 0. The average Bonchev–Trinajstić information content (AvgIpc) is 3.17. The third-order valence-electron chi connectivity index (χ3n) is 4.56. The summed E-state index contributed by atoms with van der Waals surface area (Å²) < 4.78 is 1.00. The van der Waals surface area contributed by atoms with Gasteiger partial charge in [0.1, 0.15) is 6.04 Å². The number of carbonyl (C=O) groups excluding carboxylic acids is 2. The predicted octanol–water partition coefficient (Wildman–Crippen LogP) is 4.71. The van der Waals surface area contributed by atoms with Crippen LogP contribution in [0.2, 0.25) is 0 Å². The minimum Gasteiger partial charge on any atom is -0.336 e. The van der Waals surface area contributed by atoms with Crippen LogP contribution in [0.15, 0.2) is 78.9 Å². The molecule has 1 aromatic heterocycles. The van der Waals surface area contributed by atoms with Gasteiger partial charge in [-0.2, -0.15) is 0 Å². The maximum absolute atomic E-state index is 13.1. The van der Waals surface area contributed by atoms with Gasteiger partial charge in [0.25, 0.3) is 11.8 Å². The fourth-order valence-electron chi connectivity index (χ4n) is 3.07. The van der Waals surface area contributed by atoms with Gasteiger partial charge in [-0.1, -0.05) is 72.0 Å². The fraction of sp³-hybridized carbons (Fsp3) is 0.0870. The summed E-state index contributed by atoms with van der Waals surface area (Å²) in [5.41, 5.74) is 3.12. The second-order valence-corrected chi connectivity index (χ2v) is 7.64. The van der Waals surface area contributed by atoms with E-state index in [1.165, 1.54) is 11.3 Å². The second kappa shape index (κ2) is 8.24. The van der Waals surface area contributed by atoms with Gasteiger partial charge in [-0.25, -0.2) is 4.98 Å². The van der Waals surface area contributed by atoms with Crippen LogP contribution >= 0.6 is 11.3 Å². The Morgan fingerprint density at radius 1 is 0.897 bits per heavy atom. The molecule has 0 aliphatic rings. The van der Waals surface area contributed by atoms with E-state index in [-0.39, 0.29) is 11.8 Å². The molecule has 0 bridgehead atoms. The van der Waals surface area contributed by atoms with Crippen molar-refractivity contribution in [3.05, 3.63) is 95.6 Å². The zero-order chi connectivity index (χ0) is 20.2. The Morgan fingerprint density at radius 3 is 2.28 bits per heavy atom. The number of benzene rings is 3. The van der Waals surface area contributed by atoms with Gasteiger partial charge in [0.15, 0.2) is 5.13 Å². The van der Waals surface area contributed by atoms with E-state index < -0.39 is 6.04 Å². The number of hydrogen-bond donors (Lipinski definition) is 2. The fourth-order valence-corrected chi connectivity index (χ4v) is 4.01. The standard InChI is InChI=1S/C23H19N3O2S/c1-15-9-8-14-18-19(15)25-23(29-18)26-22(28)20(16-10-4-2-5-11-16)24-21(27)17-12-6-3-7-13-17/h2-14,20H,1H3,(H,24,27)(H,25,26,28)/t20-/m1/s1. The monoisotopic (exact) mass is 401 g/mol. The van der Waals surface area contributed by atoms with Crippen molar-refractivity contribution in [1.82, 2.24) is 10.3 Å². The minimum absolute atomic E-state index is 0.310. The van der Waals surface area contributed by atoms with Crippen LogP contribution < -0.4 is 10.6 Å². The van der Waals surface area contributed by atoms with Crippen LogP contribution in [-0.2, 0) is 4.79 Å². The van der Waals surface area contributed by atoms with E-state index in [0.29, 0.717) is 16.3 Å². The van der Waals surface area contributed by atoms with Gasteiger partial charge in [-0.15, -0.1) is 0 Å². The van der Waals surface area contributed by atoms with Gasteiger partial charge >= 0.3 is 0 Å². The number of thiazole rings is 1. The van der Waals surface area contributed by atoms with Crippen molar-refractivity contribution >= 4 is 38.5 Å². The molecule has 4 aromatic rings. The molecule has 144 valence electrons. The van der Waals surface area contributed by atoms with E-state index in [9.17, 15) is 9.59 Å². The highest BCUT2D eigenvalue weighted by Crippen LogP contribution is 2.28. The first-order valence-corrected chi connectivity index (χ1v) is 10.0. The maximum Gasteiger partial charge on any atom is 0.253 e. The highest BCUT2D eigenvalue weighted by atomic mass is 32.1. The zero-order valence-corrected chi connectivity index (χ0v) is 16.6. The number of rotatable bonds is 5. The number of aryl methyl sites for hydroxylation is 1. The number of amides is 2. The molecule has 0 spiro atoms. The lowest BCUT2D eigenvalue weighted by molar-refractivity contribution is -0.118. The Bertz CT molecular complexity index is 1160. The van der Waals surface area contributed by atoms with E-state index in [1.54, 1.807) is 24.3 Å². The number of nitrogens with zero attached hydrogens (tertiary/aromatic N) is 1. The molecular formula is C23H19N3O2S. The first-order chi connectivity index (χ1) is 14.1. The molecule has 0 aliphatic carbocycles. The Balaban J connectivity index is 1.60. The van der Waals surface area contributed by atoms with Crippen molar-refractivity contribution in [3.8, 4) is 0 Å². The molecule has 1 atom stereocenters. The molecule has 0 saturated carbocycles. The highest BCUT2D eigenvalue weighted by Gasteiger charge is 2.24. The molecule has 0 radical (unpaired) electrons. The smallest absolute Gasteiger partial charge is 0.253 e. The number of nitrogens with one attached hydrogen (secondary N) is 2. The van der Waals surface area contributed by atoms with E-state index in [2.05, 4.69) is 15.6 Å². The van der Waals surface area contributed by atoms with Crippen LogP contribution in [0.25, 0.3) is 10.2 Å². The van der Waals surface area contributed by atoms with Crippen molar-refractivity contribution in [2.75, 3.05) is 5.32 Å². The molecule has 0 aliphatic heterocycles. The Hall–Kier alpha value is -3.51. The first-order valence-electron chi connectivity index (χ1n) is 9.20. The molecule has 29 heavy (non-hydrogen) atoms. The second-order valence-electron chi connectivity index (χ2n) is 6.61. The molecule has 0 fully saturated rings. The van der Waals surface area contributed by atoms with Gasteiger partial charge in [0.05, 0.1) is 10.2 Å². The van der Waals surface area contributed by atoms with Crippen molar-refractivity contribution in [1.29, 1.82) is 0 Å². The maximum atomic E-state index is 13.1. The molecule has 6 heteroatoms. The van der Waals surface area contributed by atoms with Gasteiger partial charge in [0, 0.05) is 5.56 Å². The van der Waals surface area contributed by atoms with Crippen molar-refractivity contribution in [2.45, 2.75) is 13.0 Å². The third-order valence-corrected chi connectivity index (χ3v) is 5.49. The number of anilines is 1. The largest absolute Gasteiger partial charge is 0.336 e. The van der Waals surface area contributed by atoms with Crippen LogP contribution in [0, 0.1) is 6.92 Å². The molecule has 5 nitrogen and oxygen atoms in total. The van der Waals surface area contributed by atoms with Crippen molar-refractivity contribution in [3.63, 3.8) is 0 Å². The lowest BCUT2D eigenvalue weighted by atomic mass is 10.1. The zero-order valence-electron chi connectivity index (χ0n) is 15.8. The Morgan fingerprint density at radius 2 is 1.59 bits per heavy atom. The first kappa shape index (κ1) is 18.8. The molecule has 2 amide bonds. The quantitative estimate of drug-likeness (QED) is 0.509. The molecule has 4 rings (SSSR count). The highest BCUT2D eigenvalue weighted by molar-refractivity contribution is 7.22. The number of aromatic nitrogens is 1. The lowest BCUT2D eigenvalue weighted by Crippen LogP contribution is -2.37. The Kier molecular flexibility index (Phi) is 5.35. The number of fused-ring (bicyclic) bond motifs is 1. The molecule has 3 aromatic carbocycles. The molecule has 0 saturated heterocycles. The summed E-state index contributed by atoms with van der Waals surface area (Å²) in [4.78, 5) is 30.3. The van der Waals surface area contributed by atoms with Gasteiger partial charge in [-0.05, 0) is 36.2 Å². The topological polar surface area (TPSA) is 71.1 Å². The molecule has 0 unspecified atom stereocenters. The molecule has 2 N–H and O–H groups in total. The lowest BCUT2D eigenvalue weighted by Gasteiger charge is -2.18. The summed E-state index contributed by atoms with van der Waals surface area (Å²) in [6, 6.07) is 23.1. The summed E-state index contributed by atoms with van der Waals surface area (Å²) in [5.74, 6) is -0.646. The number of para-hydroxylation sites is 1. The van der Waals surface area contributed by atoms with E-state index in [4.69, 9.17) is 0 Å². The Labute approximate surface area is 172 Å². The number of carbonyl (C=O) groups is 2. The van der Waals surface area contributed by atoms with Crippen LogP contribution in [0.4, 0.5) is 5.13 Å². The SMILES string of the molecule is Cc1cccc2sc(NC(=O)[C@H](NC(=O)c3ccccc3)c3ccccc3)nc12. The number of hydrogen-bond acceptors (Lipinski definition) is 4. The van der Waals surface area contributed by atoms with Crippen LogP contribution in [0.3, 0.4) is 0 Å². The van der Waals surface area contributed by atoms with Crippen LogP contribution in [-0.4, -0.2) is 16.8 Å². The van der Waals surface area contributed by atoms with Crippen molar-refractivity contribution in [2.24, 2.45) is 0 Å². The molecular weight excluding hydrogens is 382 g/mol. The van der Waals surface area contributed by atoms with Crippen LogP contribution in [0.1, 0.15) is 27.5 Å².